The lowest BCUT2D eigenvalue weighted by Crippen LogP contribution is -2.45. The molecule has 1 saturated heterocycles. The molecule has 0 amide bonds. The molecule has 1 fully saturated rings. The maximum absolute atomic E-state index is 6.00. The van der Waals surface area contributed by atoms with Crippen LogP contribution in [0.3, 0.4) is 0 Å². The summed E-state index contributed by atoms with van der Waals surface area (Å²) in [4.78, 5) is 8.14. The molecule has 0 unspecified atom stereocenters. The second kappa shape index (κ2) is 4.60. The molecule has 84 valence electrons. The lowest BCUT2D eigenvalue weighted by atomic mass is 9.95. The number of piperidine rings is 1. The first-order valence-electron chi connectivity index (χ1n) is 5.54. The summed E-state index contributed by atoms with van der Waals surface area (Å²) in [7, 11) is 0. The second-order valence-corrected chi connectivity index (χ2v) is 5.83. The van der Waals surface area contributed by atoms with Gasteiger partial charge in [-0.3, -0.25) is 4.90 Å². The van der Waals surface area contributed by atoms with Gasteiger partial charge in [-0.25, -0.2) is 4.98 Å². The Balaban J connectivity index is 1.90. The Kier molecular flexibility index (Phi) is 3.38. The second-order valence-electron chi connectivity index (χ2n) is 4.51. The maximum atomic E-state index is 6.00. The van der Waals surface area contributed by atoms with Crippen molar-refractivity contribution in [2.45, 2.75) is 32.9 Å². The van der Waals surface area contributed by atoms with Crippen molar-refractivity contribution >= 4 is 11.3 Å². The standard InChI is InChI=1S/C11H19N3S/c1-8-6-14(4-3-11(8)12)7-10-5-13-9(2)15-10/h5,8,11H,3-4,6-7,12H2,1-2H3/t8-,11+/m0/s1. The third-order valence-corrected chi connectivity index (χ3v) is 4.00. The van der Waals surface area contributed by atoms with Gasteiger partial charge in [0.2, 0.25) is 0 Å². The number of hydrogen-bond acceptors (Lipinski definition) is 4. The van der Waals surface area contributed by atoms with Crippen LogP contribution in [0.15, 0.2) is 6.20 Å². The molecule has 0 saturated carbocycles. The molecule has 0 aromatic carbocycles. The van der Waals surface area contributed by atoms with E-state index >= 15 is 0 Å². The van der Waals surface area contributed by atoms with Gasteiger partial charge in [-0.1, -0.05) is 6.92 Å². The summed E-state index contributed by atoms with van der Waals surface area (Å²) in [5.74, 6) is 0.618. The molecular weight excluding hydrogens is 206 g/mol. The SMILES string of the molecule is Cc1ncc(CN2CC[C@@H](N)[C@@H](C)C2)s1. The van der Waals surface area contributed by atoms with Crippen LogP contribution in [0.25, 0.3) is 0 Å². The van der Waals surface area contributed by atoms with E-state index in [9.17, 15) is 0 Å². The van der Waals surface area contributed by atoms with Crippen molar-refractivity contribution in [2.75, 3.05) is 13.1 Å². The number of likely N-dealkylation sites (tertiary alicyclic amines) is 1. The zero-order valence-electron chi connectivity index (χ0n) is 9.44. The van der Waals surface area contributed by atoms with Gasteiger partial charge in [-0.2, -0.15) is 0 Å². The summed E-state index contributed by atoms with van der Waals surface area (Å²) in [6, 6.07) is 0.393. The highest BCUT2D eigenvalue weighted by Crippen LogP contribution is 2.19. The number of rotatable bonds is 2. The first-order chi connectivity index (χ1) is 7.15. The number of nitrogens with zero attached hydrogens (tertiary/aromatic N) is 2. The molecule has 0 radical (unpaired) electrons. The van der Waals surface area contributed by atoms with Crippen molar-refractivity contribution in [2.24, 2.45) is 11.7 Å². The van der Waals surface area contributed by atoms with Gasteiger partial charge in [-0.05, 0) is 19.3 Å². The van der Waals surface area contributed by atoms with E-state index in [1.165, 1.54) is 4.88 Å². The molecular formula is C11H19N3S. The van der Waals surface area contributed by atoms with E-state index in [0.29, 0.717) is 12.0 Å². The molecule has 15 heavy (non-hydrogen) atoms. The number of aryl methyl sites for hydroxylation is 1. The van der Waals surface area contributed by atoms with Crippen LogP contribution in [0, 0.1) is 12.8 Å². The largest absolute Gasteiger partial charge is 0.327 e. The van der Waals surface area contributed by atoms with Gasteiger partial charge in [-0.15, -0.1) is 11.3 Å². The highest BCUT2D eigenvalue weighted by molar-refractivity contribution is 7.11. The van der Waals surface area contributed by atoms with Crippen molar-refractivity contribution < 1.29 is 0 Å². The fourth-order valence-corrected chi connectivity index (χ4v) is 2.93. The summed E-state index contributed by atoms with van der Waals surface area (Å²) in [6.45, 7) is 7.60. The Morgan fingerprint density at radius 3 is 3.07 bits per heavy atom. The van der Waals surface area contributed by atoms with Crippen LogP contribution in [0.2, 0.25) is 0 Å². The Bertz CT molecular complexity index is 323. The molecule has 1 aliphatic rings. The fourth-order valence-electron chi connectivity index (χ4n) is 2.09. The van der Waals surface area contributed by atoms with E-state index in [4.69, 9.17) is 5.73 Å². The molecule has 3 nitrogen and oxygen atoms in total. The molecule has 2 rings (SSSR count). The van der Waals surface area contributed by atoms with Crippen LogP contribution in [-0.4, -0.2) is 29.0 Å². The van der Waals surface area contributed by atoms with Gasteiger partial charge >= 0.3 is 0 Å². The number of nitrogens with two attached hydrogens (primary N) is 1. The summed E-state index contributed by atoms with van der Waals surface area (Å²) in [5, 5.41) is 1.16. The van der Waals surface area contributed by atoms with E-state index < -0.39 is 0 Å². The zero-order chi connectivity index (χ0) is 10.8. The molecule has 2 atom stereocenters. The van der Waals surface area contributed by atoms with Crippen molar-refractivity contribution in [3.8, 4) is 0 Å². The number of hydrogen-bond donors (Lipinski definition) is 1. The van der Waals surface area contributed by atoms with Gasteiger partial charge in [0.1, 0.15) is 0 Å². The Hall–Kier alpha value is -0.450. The molecule has 1 aromatic heterocycles. The summed E-state index contributed by atoms with van der Waals surface area (Å²) in [5.41, 5.74) is 6.00. The monoisotopic (exact) mass is 225 g/mol. The molecule has 0 bridgehead atoms. The summed E-state index contributed by atoms with van der Waals surface area (Å²) in [6.07, 6.45) is 3.12. The normalized spacial score (nSPS) is 28.2. The fraction of sp³-hybridized carbons (Fsp3) is 0.727. The van der Waals surface area contributed by atoms with Crippen LogP contribution in [0.4, 0.5) is 0 Å². The average molecular weight is 225 g/mol. The Morgan fingerprint density at radius 1 is 1.67 bits per heavy atom. The minimum atomic E-state index is 0.393. The van der Waals surface area contributed by atoms with E-state index in [2.05, 4.69) is 23.7 Å². The topological polar surface area (TPSA) is 42.2 Å². The zero-order valence-corrected chi connectivity index (χ0v) is 10.3. The van der Waals surface area contributed by atoms with Crippen molar-refractivity contribution in [3.63, 3.8) is 0 Å². The summed E-state index contributed by atoms with van der Waals surface area (Å²) >= 11 is 1.80. The predicted molar refractivity (Wildman–Crippen MR) is 63.9 cm³/mol. The van der Waals surface area contributed by atoms with Crippen LogP contribution in [0.5, 0.6) is 0 Å². The Morgan fingerprint density at radius 2 is 2.47 bits per heavy atom. The predicted octanol–water partition coefficient (Wildman–Crippen LogP) is 1.62. The molecule has 4 heteroatoms. The van der Waals surface area contributed by atoms with Gasteiger partial charge in [0, 0.05) is 36.8 Å². The van der Waals surface area contributed by atoms with Crippen LogP contribution in [0.1, 0.15) is 23.2 Å². The molecule has 1 aliphatic heterocycles. The van der Waals surface area contributed by atoms with Crippen molar-refractivity contribution in [3.05, 3.63) is 16.1 Å². The van der Waals surface area contributed by atoms with Gasteiger partial charge in [0.25, 0.3) is 0 Å². The van der Waals surface area contributed by atoms with Crippen LogP contribution < -0.4 is 5.73 Å². The van der Waals surface area contributed by atoms with E-state index in [1.54, 1.807) is 11.3 Å². The van der Waals surface area contributed by atoms with E-state index in [-0.39, 0.29) is 0 Å². The number of aromatic nitrogens is 1. The molecule has 2 N–H and O–H groups in total. The van der Waals surface area contributed by atoms with Crippen LogP contribution in [-0.2, 0) is 6.54 Å². The average Bonchev–Trinajstić information content (AvgIpc) is 2.58. The lowest BCUT2D eigenvalue weighted by Gasteiger charge is -2.34. The lowest BCUT2D eigenvalue weighted by molar-refractivity contribution is 0.159. The molecule has 2 heterocycles. The highest BCUT2D eigenvalue weighted by atomic mass is 32.1. The third-order valence-electron chi connectivity index (χ3n) is 3.10. The third kappa shape index (κ3) is 2.77. The minimum absolute atomic E-state index is 0.393. The number of thiazole rings is 1. The molecule has 0 aliphatic carbocycles. The quantitative estimate of drug-likeness (QED) is 0.831. The minimum Gasteiger partial charge on any atom is -0.327 e. The first-order valence-corrected chi connectivity index (χ1v) is 6.36. The smallest absolute Gasteiger partial charge is 0.0897 e. The summed E-state index contributed by atoms with van der Waals surface area (Å²) < 4.78 is 0. The first kappa shape index (κ1) is 11.0. The van der Waals surface area contributed by atoms with Gasteiger partial charge < -0.3 is 5.73 Å². The molecule has 1 aromatic rings. The van der Waals surface area contributed by atoms with Crippen molar-refractivity contribution in [1.29, 1.82) is 0 Å². The van der Waals surface area contributed by atoms with Crippen LogP contribution >= 0.6 is 11.3 Å². The Labute approximate surface area is 95.3 Å². The maximum Gasteiger partial charge on any atom is 0.0897 e. The van der Waals surface area contributed by atoms with E-state index in [0.717, 1.165) is 31.1 Å². The van der Waals surface area contributed by atoms with Gasteiger partial charge in [0.15, 0.2) is 0 Å². The highest BCUT2D eigenvalue weighted by Gasteiger charge is 2.23. The van der Waals surface area contributed by atoms with E-state index in [1.807, 2.05) is 6.20 Å². The molecule has 0 spiro atoms. The van der Waals surface area contributed by atoms with Gasteiger partial charge in [0.05, 0.1) is 5.01 Å². The van der Waals surface area contributed by atoms with Crippen molar-refractivity contribution in [1.82, 2.24) is 9.88 Å².